The largest absolute Gasteiger partial charge is 0.313 e. The van der Waals surface area contributed by atoms with E-state index in [9.17, 15) is 24.7 Å². The van der Waals surface area contributed by atoms with Gasteiger partial charge >= 0.3 is 0 Å². The van der Waals surface area contributed by atoms with Crippen LogP contribution in [0.3, 0.4) is 0 Å². The van der Waals surface area contributed by atoms with Gasteiger partial charge in [0.2, 0.25) is 0 Å². The molecule has 4 aliphatic rings. The zero-order valence-corrected chi connectivity index (χ0v) is 60.6. The maximum atomic E-state index is 12.0. The minimum absolute atomic E-state index is 0.0248. The molecule has 2 aromatic heterocycles. The van der Waals surface area contributed by atoms with Crippen molar-refractivity contribution in [3.63, 3.8) is 0 Å². The van der Waals surface area contributed by atoms with Crippen LogP contribution in [0.15, 0.2) is 315 Å². The Morgan fingerprint density at radius 2 is 0.682 bits per heavy atom. The SMILES string of the molecule is [2H]c1c([2H])c([2H])c2c(c1[2H])Cc1c-2c2c([2H])c([2H])c([2H])c([2H])c2n1-c1c([2H])c([2H])c2c(c1[2H])N(c1c(-c3ccccc3)cc(C(C)(C)C)cc1-c1ccccc1)c1cc(-c3cccc(C(C)(C)C)c3)cc3c1C2c1c([2H])c([2H])c(-n2c4c(c5c([2H])c([2H])c([2H])c([2H])c52)-c2c([2H])c([2H])c([2H])c([2H])c2C4)c([2H])c1N3c1c(-c2ccccc2)cc(C(C)(C)C)cc1-c1ccccc1. The van der Waals surface area contributed by atoms with E-state index in [4.69, 9.17) is 5.48 Å². The van der Waals surface area contributed by atoms with Crippen LogP contribution in [-0.4, -0.2) is 9.13 Å². The number of fused-ring (bicyclic) bond motifs is 14. The summed E-state index contributed by atoms with van der Waals surface area (Å²) in [7, 11) is 0. The normalized spacial score (nSPS) is 16.4. The molecule has 0 atom stereocenters. The highest BCUT2D eigenvalue weighted by Gasteiger charge is 2.45. The van der Waals surface area contributed by atoms with Crippen molar-refractivity contribution >= 4 is 55.9 Å². The van der Waals surface area contributed by atoms with Gasteiger partial charge in [0.15, 0.2) is 0 Å². The molecule has 0 saturated carbocycles. The summed E-state index contributed by atoms with van der Waals surface area (Å²) < 4.78 is 225. The van der Waals surface area contributed by atoms with Crippen molar-refractivity contribution in [2.24, 2.45) is 0 Å². The second-order valence-corrected chi connectivity index (χ2v) is 31.5. The molecular weight excluding hydrogens is 1290 g/mol. The predicted octanol–water partition coefficient (Wildman–Crippen LogP) is 27.7. The zero-order valence-electron chi connectivity index (χ0n) is 82.6. The second kappa shape index (κ2) is 24.2. The van der Waals surface area contributed by atoms with Gasteiger partial charge < -0.3 is 18.9 Å². The van der Waals surface area contributed by atoms with E-state index in [2.05, 4.69) is 98.7 Å². The van der Waals surface area contributed by atoms with Crippen molar-refractivity contribution in [2.45, 2.75) is 97.3 Å². The third-order valence-corrected chi connectivity index (χ3v) is 21.9. The Morgan fingerprint density at radius 1 is 0.318 bits per heavy atom. The summed E-state index contributed by atoms with van der Waals surface area (Å²) in [6.45, 7) is 19.1. The van der Waals surface area contributed by atoms with Crippen molar-refractivity contribution < 1.29 is 30.2 Å². The fourth-order valence-electron chi connectivity index (χ4n) is 16.7. The van der Waals surface area contributed by atoms with Crippen LogP contribution in [0.1, 0.15) is 154 Å². The molecule has 0 N–H and O–H groups in total. The summed E-state index contributed by atoms with van der Waals surface area (Å²) in [5.41, 5.74) is 8.40. The first-order valence-corrected chi connectivity index (χ1v) is 36.4. The van der Waals surface area contributed by atoms with Gasteiger partial charge in [-0.25, -0.2) is 0 Å². The van der Waals surface area contributed by atoms with Crippen LogP contribution in [-0.2, 0) is 29.1 Å². The third-order valence-electron chi connectivity index (χ3n) is 21.9. The number of para-hydroxylation sites is 2. The van der Waals surface area contributed by atoms with E-state index in [1.165, 1.54) is 9.13 Å². The molecule has 0 bridgehead atoms. The Labute approximate surface area is 659 Å². The Hall–Kier alpha value is -12.2. The van der Waals surface area contributed by atoms with Gasteiger partial charge in [0.1, 0.15) is 0 Å². The lowest BCUT2D eigenvalue weighted by molar-refractivity contribution is 0.590. The second-order valence-electron chi connectivity index (χ2n) is 31.5. The van der Waals surface area contributed by atoms with E-state index in [-0.39, 0.29) is 113 Å². The highest BCUT2D eigenvalue weighted by atomic mass is 15.2. The third kappa shape index (κ3) is 10.2. The molecule has 4 heteroatoms. The molecule has 516 valence electrons. The quantitative estimate of drug-likeness (QED) is 0.143. The van der Waals surface area contributed by atoms with Crippen LogP contribution in [0.2, 0.25) is 0 Å². The number of hydrogen-bond donors (Lipinski definition) is 0. The minimum Gasteiger partial charge on any atom is -0.313 e. The molecule has 4 heterocycles. The molecule has 2 aliphatic carbocycles. The van der Waals surface area contributed by atoms with Crippen LogP contribution >= 0.6 is 0 Å². The molecule has 2 aliphatic heterocycles. The Balaban J connectivity index is 1.05. The van der Waals surface area contributed by atoms with Gasteiger partial charge in [-0.1, -0.05) is 305 Å². The number of hydrogen-bond acceptors (Lipinski definition) is 2. The van der Waals surface area contributed by atoms with Gasteiger partial charge in [-0.2, -0.15) is 0 Å². The van der Waals surface area contributed by atoms with E-state index < -0.39 is 155 Å². The molecule has 0 radical (unpaired) electrons. The van der Waals surface area contributed by atoms with Crippen molar-refractivity contribution in [1.29, 1.82) is 0 Å². The van der Waals surface area contributed by atoms with Crippen LogP contribution in [0.25, 0.3) is 111 Å². The first-order chi connectivity index (χ1) is 61.2. The average Bonchev–Trinajstić information content (AvgIpc) is 1.58. The van der Waals surface area contributed by atoms with Gasteiger partial charge in [0.05, 0.1) is 75.3 Å². The van der Waals surface area contributed by atoms with Crippen LogP contribution < -0.4 is 9.80 Å². The van der Waals surface area contributed by atoms with Crippen molar-refractivity contribution in [1.82, 2.24) is 9.13 Å². The van der Waals surface area contributed by atoms with Gasteiger partial charge in [-0.05, 0) is 172 Å². The zero-order chi connectivity index (χ0) is 91.5. The standard InChI is InChI=1S/C103H84N4/c1-101(2,3)72-42-30-41-68(53-72)71-56-93-98-94(57-71)107(100-85(66-35-18-12-19-36-66)60-74(103(7,8)9)61-86(100)67-37-20-13-21-38-67)90-63-76(105-88-48-29-27-46-80(88)96-78-44-25-23-40-70(78)55-92(96)105)50-52-82(90)97(98)81-51-49-75(104-87-47-28-26-45-79(87)95-77-43-24-22-39-69(77)54-91(95)104)62-89(81)106(93)99-83(64-31-14-10-15-32-64)58-73(102(4,5)6)59-84(99)65-33-16-11-17-34-65/h10-53,56-63,97H,54-55H2,1-9H3/i22D,23D,24D,25D,26D,27D,28D,29D,39D,40D,43D,44D,45D,46D,47D,48D,49D,50D,51D,52D,62D,63D. The number of benzene rings is 14. The topological polar surface area (TPSA) is 16.3 Å². The van der Waals surface area contributed by atoms with E-state index in [0.717, 1.165) is 16.7 Å². The molecule has 20 rings (SSSR count). The summed E-state index contributed by atoms with van der Waals surface area (Å²) in [4.78, 5) is 3.94. The van der Waals surface area contributed by atoms with Crippen LogP contribution in [0, 0.1) is 0 Å². The lowest BCUT2D eigenvalue weighted by Gasteiger charge is -2.47. The monoisotopic (exact) mass is 1400 g/mol. The highest BCUT2D eigenvalue weighted by molar-refractivity contribution is 6.10. The first-order valence-electron chi connectivity index (χ1n) is 47.4. The number of rotatable bonds is 9. The summed E-state index contributed by atoms with van der Waals surface area (Å²) in [6, 6.07) is 47.1. The lowest BCUT2D eigenvalue weighted by atomic mass is 9.73. The number of anilines is 6. The molecule has 0 amide bonds. The maximum Gasteiger partial charge on any atom is 0.0667 e. The molecule has 14 aromatic carbocycles. The van der Waals surface area contributed by atoms with Gasteiger partial charge in [-0.3, -0.25) is 0 Å². The average molecular weight is 1400 g/mol. The van der Waals surface area contributed by atoms with E-state index in [1.54, 1.807) is 0 Å². The molecule has 16 aromatic rings. The summed E-state index contributed by atoms with van der Waals surface area (Å²) in [5.74, 6) is -1.61. The van der Waals surface area contributed by atoms with Gasteiger partial charge in [0, 0.05) is 91.2 Å². The number of aromatic nitrogens is 2. The predicted molar refractivity (Wildman–Crippen MR) is 450 cm³/mol. The number of nitrogens with zero attached hydrogens (tertiary/aromatic N) is 4. The van der Waals surface area contributed by atoms with E-state index >= 15 is 0 Å². The smallest absolute Gasteiger partial charge is 0.0667 e. The van der Waals surface area contributed by atoms with Gasteiger partial charge in [0.25, 0.3) is 0 Å². The fourth-order valence-corrected chi connectivity index (χ4v) is 16.7. The lowest BCUT2D eigenvalue weighted by Crippen LogP contribution is -2.30. The molecule has 0 spiro atoms. The molecule has 0 saturated heterocycles. The fraction of sp³-hybridized carbons (Fsp3) is 0.146. The van der Waals surface area contributed by atoms with Crippen molar-refractivity contribution in [3.8, 4) is 89.3 Å². The van der Waals surface area contributed by atoms with Crippen molar-refractivity contribution in [3.05, 3.63) is 371 Å². The Morgan fingerprint density at radius 3 is 1.07 bits per heavy atom. The summed E-state index contributed by atoms with van der Waals surface area (Å²) in [5, 5.41) is -0.310. The molecule has 0 unspecified atom stereocenters. The molecular formula is C103H84N4. The van der Waals surface area contributed by atoms with Crippen molar-refractivity contribution in [2.75, 3.05) is 9.80 Å². The highest BCUT2D eigenvalue weighted by Crippen LogP contribution is 2.66. The summed E-state index contributed by atoms with van der Waals surface area (Å²) >= 11 is 0. The Bertz CT molecular complexity index is 7150. The van der Waals surface area contributed by atoms with Crippen LogP contribution in [0.4, 0.5) is 34.1 Å². The Kier molecular flexibility index (Phi) is 10.2. The van der Waals surface area contributed by atoms with Gasteiger partial charge in [-0.15, -0.1) is 0 Å². The minimum atomic E-state index is -1.61. The van der Waals surface area contributed by atoms with Crippen LogP contribution in [0.5, 0.6) is 0 Å². The molecule has 107 heavy (non-hydrogen) atoms. The molecule has 0 fully saturated rings. The summed E-state index contributed by atoms with van der Waals surface area (Å²) in [6.07, 6.45) is -0.680. The molecule has 4 nitrogen and oxygen atoms in total. The van der Waals surface area contributed by atoms with E-state index in [0.29, 0.717) is 83.9 Å². The maximum absolute atomic E-state index is 12.0. The van der Waals surface area contributed by atoms with E-state index in [1.807, 2.05) is 155 Å². The first kappa shape index (κ1) is 45.2.